The molecule has 1 aliphatic heterocycles. The molecule has 0 bridgehead atoms. The molecule has 1 aliphatic carbocycles. The van der Waals surface area contributed by atoms with Crippen molar-refractivity contribution in [2.75, 3.05) is 25.0 Å². The average molecular weight is 372 g/mol. The highest BCUT2D eigenvalue weighted by atomic mass is 32.1. The predicted octanol–water partition coefficient (Wildman–Crippen LogP) is 4.46. The van der Waals surface area contributed by atoms with Gasteiger partial charge < -0.3 is 10.2 Å². The second-order valence-corrected chi connectivity index (χ2v) is 8.68. The molecule has 2 fully saturated rings. The number of likely N-dealkylation sites (tertiary alicyclic amines) is 1. The molecule has 1 saturated heterocycles. The Labute approximate surface area is 160 Å². The van der Waals surface area contributed by atoms with Gasteiger partial charge >= 0.3 is 0 Å². The number of anilines is 1. The van der Waals surface area contributed by atoms with Gasteiger partial charge in [-0.1, -0.05) is 19.8 Å². The van der Waals surface area contributed by atoms with Crippen molar-refractivity contribution in [3.05, 3.63) is 23.0 Å². The molecule has 0 unspecified atom stereocenters. The van der Waals surface area contributed by atoms with Crippen LogP contribution in [0.5, 0.6) is 0 Å². The molecular formula is C20H29N5S. The lowest BCUT2D eigenvalue weighted by Gasteiger charge is -2.31. The Kier molecular flexibility index (Phi) is 5.50. The third-order valence-corrected chi connectivity index (χ3v) is 6.97. The van der Waals surface area contributed by atoms with Crippen molar-refractivity contribution >= 4 is 17.3 Å². The molecule has 2 aromatic rings. The summed E-state index contributed by atoms with van der Waals surface area (Å²) in [5, 5.41) is 4.85. The molecule has 3 heterocycles. The van der Waals surface area contributed by atoms with Gasteiger partial charge in [-0.3, -0.25) is 0 Å². The summed E-state index contributed by atoms with van der Waals surface area (Å²) in [6.07, 6.45) is 11.5. The number of nitrogens with zero attached hydrogens (tertiary/aromatic N) is 4. The van der Waals surface area contributed by atoms with Crippen LogP contribution >= 0.6 is 11.3 Å². The molecule has 2 aromatic heterocycles. The van der Waals surface area contributed by atoms with Crippen molar-refractivity contribution in [2.45, 2.75) is 64.3 Å². The Bertz CT molecular complexity index is 730. The summed E-state index contributed by atoms with van der Waals surface area (Å²) in [7, 11) is 0. The molecule has 0 amide bonds. The Morgan fingerprint density at radius 2 is 1.88 bits per heavy atom. The first kappa shape index (κ1) is 17.9. The maximum atomic E-state index is 4.85. The standard InChI is InChI=1S/C20H29N5S/c1-3-25-10-8-16(9-11-25)23-20-22-12-14(2)18(24-20)17-13-21-19(26-17)15-6-4-5-7-15/h12-13,15-16H,3-11H2,1-2H3,(H,22,23,24). The van der Waals surface area contributed by atoms with Gasteiger partial charge in [-0.2, -0.15) is 0 Å². The minimum atomic E-state index is 0.476. The number of rotatable bonds is 5. The molecule has 140 valence electrons. The van der Waals surface area contributed by atoms with Gasteiger partial charge in [0.2, 0.25) is 5.95 Å². The van der Waals surface area contributed by atoms with Crippen LogP contribution in [0.4, 0.5) is 5.95 Å². The average Bonchev–Trinajstić information content (AvgIpc) is 3.35. The van der Waals surface area contributed by atoms with E-state index in [2.05, 4.69) is 29.0 Å². The van der Waals surface area contributed by atoms with Gasteiger partial charge in [-0.25, -0.2) is 15.0 Å². The van der Waals surface area contributed by atoms with Crippen molar-refractivity contribution in [1.29, 1.82) is 0 Å². The Hall–Kier alpha value is -1.53. The molecule has 0 atom stereocenters. The maximum absolute atomic E-state index is 4.85. The van der Waals surface area contributed by atoms with E-state index in [9.17, 15) is 0 Å². The number of hydrogen-bond donors (Lipinski definition) is 1. The number of hydrogen-bond acceptors (Lipinski definition) is 6. The van der Waals surface area contributed by atoms with Crippen LogP contribution in [-0.4, -0.2) is 45.5 Å². The van der Waals surface area contributed by atoms with E-state index in [0.717, 1.165) is 49.7 Å². The highest BCUT2D eigenvalue weighted by Crippen LogP contribution is 2.38. The van der Waals surface area contributed by atoms with Crippen LogP contribution in [0.25, 0.3) is 10.6 Å². The minimum absolute atomic E-state index is 0.476. The Morgan fingerprint density at radius 3 is 2.62 bits per heavy atom. The highest BCUT2D eigenvalue weighted by Gasteiger charge is 2.22. The molecule has 26 heavy (non-hydrogen) atoms. The number of piperidine rings is 1. The molecule has 0 radical (unpaired) electrons. The molecule has 1 N–H and O–H groups in total. The zero-order chi connectivity index (χ0) is 17.9. The molecule has 5 nitrogen and oxygen atoms in total. The largest absolute Gasteiger partial charge is 0.351 e. The van der Waals surface area contributed by atoms with Gasteiger partial charge in [-0.15, -0.1) is 11.3 Å². The highest BCUT2D eigenvalue weighted by molar-refractivity contribution is 7.15. The summed E-state index contributed by atoms with van der Waals surface area (Å²) in [5.41, 5.74) is 2.16. The predicted molar refractivity (Wildman–Crippen MR) is 108 cm³/mol. The summed E-state index contributed by atoms with van der Waals surface area (Å²) in [5.74, 6) is 1.42. The fourth-order valence-corrected chi connectivity index (χ4v) is 5.24. The monoisotopic (exact) mass is 371 g/mol. The first-order chi connectivity index (χ1) is 12.7. The molecule has 6 heteroatoms. The second-order valence-electron chi connectivity index (χ2n) is 7.62. The topological polar surface area (TPSA) is 53.9 Å². The van der Waals surface area contributed by atoms with E-state index in [1.807, 2.05) is 23.7 Å². The van der Waals surface area contributed by atoms with E-state index >= 15 is 0 Å². The smallest absolute Gasteiger partial charge is 0.223 e. The zero-order valence-electron chi connectivity index (χ0n) is 15.9. The zero-order valence-corrected chi connectivity index (χ0v) is 16.7. The third kappa shape index (κ3) is 3.91. The summed E-state index contributed by atoms with van der Waals surface area (Å²) < 4.78 is 0. The summed E-state index contributed by atoms with van der Waals surface area (Å²) in [4.78, 5) is 17.8. The van der Waals surface area contributed by atoms with Gasteiger partial charge in [0.1, 0.15) is 0 Å². The van der Waals surface area contributed by atoms with Gasteiger partial charge in [0.15, 0.2) is 0 Å². The van der Waals surface area contributed by atoms with E-state index < -0.39 is 0 Å². The lowest BCUT2D eigenvalue weighted by molar-refractivity contribution is 0.229. The number of aromatic nitrogens is 3. The fraction of sp³-hybridized carbons (Fsp3) is 0.650. The first-order valence-electron chi connectivity index (χ1n) is 10.0. The summed E-state index contributed by atoms with van der Waals surface area (Å²) >= 11 is 1.82. The maximum Gasteiger partial charge on any atom is 0.223 e. The fourth-order valence-electron chi connectivity index (χ4n) is 4.10. The van der Waals surface area contributed by atoms with E-state index in [-0.39, 0.29) is 0 Å². The van der Waals surface area contributed by atoms with Crippen molar-refractivity contribution in [3.8, 4) is 10.6 Å². The van der Waals surface area contributed by atoms with Crippen LogP contribution in [-0.2, 0) is 0 Å². The van der Waals surface area contributed by atoms with Crippen molar-refractivity contribution in [1.82, 2.24) is 19.9 Å². The lowest BCUT2D eigenvalue weighted by Crippen LogP contribution is -2.39. The van der Waals surface area contributed by atoms with Crippen molar-refractivity contribution < 1.29 is 0 Å². The number of nitrogens with one attached hydrogen (secondary N) is 1. The van der Waals surface area contributed by atoms with Crippen LogP contribution in [0, 0.1) is 6.92 Å². The van der Waals surface area contributed by atoms with Crippen LogP contribution in [0.2, 0.25) is 0 Å². The lowest BCUT2D eigenvalue weighted by atomic mass is 10.1. The third-order valence-electron chi connectivity index (χ3n) is 5.80. The van der Waals surface area contributed by atoms with Crippen molar-refractivity contribution in [3.63, 3.8) is 0 Å². The van der Waals surface area contributed by atoms with Gasteiger partial charge in [0.05, 0.1) is 15.6 Å². The van der Waals surface area contributed by atoms with Gasteiger partial charge in [0, 0.05) is 37.4 Å². The molecule has 0 spiro atoms. The van der Waals surface area contributed by atoms with Crippen molar-refractivity contribution in [2.24, 2.45) is 0 Å². The molecule has 0 aromatic carbocycles. The SMILES string of the molecule is CCN1CCC(Nc2ncc(C)c(-c3cnc(C4CCCC4)s3)n2)CC1. The van der Waals surface area contributed by atoms with E-state index in [4.69, 9.17) is 9.97 Å². The molecule has 4 rings (SSSR count). The second kappa shape index (κ2) is 8.01. The van der Waals surface area contributed by atoms with Gasteiger partial charge in [0.25, 0.3) is 0 Å². The Morgan fingerprint density at radius 1 is 1.12 bits per heavy atom. The number of thiazole rings is 1. The van der Waals surface area contributed by atoms with Gasteiger partial charge in [-0.05, 0) is 44.7 Å². The van der Waals surface area contributed by atoms with Crippen LogP contribution in [0.15, 0.2) is 12.4 Å². The number of aryl methyl sites for hydroxylation is 1. The van der Waals surface area contributed by atoms with Crippen LogP contribution in [0.1, 0.15) is 61.9 Å². The first-order valence-corrected chi connectivity index (χ1v) is 10.8. The minimum Gasteiger partial charge on any atom is -0.351 e. The molecular weight excluding hydrogens is 342 g/mol. The molecule has 2 aliphatic rings. The van der Waals surface area contributed by atoms with Crippen LogP contribution < -0.4 is 5.32 Å². The van der Waals surface area contributed by atoms with E-state index in [0.29, 0.717) is 12.0 Å². The summed E-state index contributed by atoms with van der Waals surface area (Å²) in [6, 6.07) is 0.476. The quantitative estimate of drug-likeness (QED) is 0.841. The van der Waals surface area contributed by atoms with Crippen LogP contribution in [0.3, 0.4) is 0 Å². The molecule has 1 saturated carbocycles. The van der Waals surface area contributed by atoms with E-state index in [1.54, 1.807) is 0 Å². The normalized spacial score (nSPS) is 19.9. The van der Waals surface area contributed by atoms with E-state index in [1.165, 1.54) is 35.6 Å². The summed E-state index contributed by atoms with van der Waals surface area (Å²) in [6.45, 7) is 7.79. The Balaban J connectivity index is 1.48.